The normalized spacial score (nSPS) is 19.1. The topological polar surface area (TPSA) is 31.4 Å². The first-order valence-electron chi connectivity index (χ1n) is 8.16. The SMILES string of the molecule is CCCNCc1cnc(C)cc1N(C)CC1CCN(C)C1. The molecule has 1 atom stereocenters. The molecule has 1 N–H and O–H groups in total. The summed E-state index contributed by atoms with van der Waals surface area (Å²) in [7, 11) is 4.44. The van der Waals surface area contributed by atoms with E-state index in [1.54, 1.807) is 0 Å². The number of hydrogen-bond acceptors (Lipinski definition) is 4. The van der Waals surface area contributed by atoms with Crippen molar-refractivity contribution in [3.8, 4) is 0 Å². The molecule has 0 aliphatic carbocycles. The summed E-state index contributed by atoms with van der Waals surface area (Å²) in [5.41, 5.74) is 3.74. The molecule has 4 nitrogen and oxygen atoms in total. The Kier molecular flexibility index (Phi) is 6.00. The average Bonchev–Trinajstić information content (AvgIpc) is 2.86. The van der Waals surface area contributed by atoms with Crippen molar-refractivity contribution >= 4 is 5.69 Å². The standard InChI is InChI=1S/C17H30N4/c1-5-7-18-10-16-11-19-14(2)9-17(16)21(4)13-15-6-8-20(3)12-15/h9,11,15,18H,5-8,10,12-13H2,1-4H3. The van der Waals surface area contributed by atoms with Gasteiger partial charge in [-0.3, -0.25) is 4.98 Å². The zero-order valence-corrected chi connectivity index (χ0v) is 14.0. The molecule has 0 saturated carbocycles. The highest BCUT2D eigenvalue weighted by molar-refractivity contribution is 5.53. The zero-order valence-electron chi connectivity index (χ0n) is 14.0. The number of rotatable bonds is 7. The predicted octanol–water partition coefficient (Wildman–Crippen LogP) is 2.28. The Labute approximate surface area is 129 Å². The van der Waals surface area contributed by atoms with Crippen molar-refractivity contribution < 1.29 is 0 Å². The summed E-state index contributed by atoms with van der Waals surface area (Å²) in [4.78, 5) is 9.32. The van der Waals surface area contributed by atoms with Gasteiger partial charge in [0.15, 0.2) is 0 Å². The van der Waals surface area contributed by atoms with Crippen LogP contribution < -0.4 is 10.2 Å². The van der Waals surface area contributed by atoms with Crippen molar-refractivity contribution in [2.24, 2.45) is 5.92 Å². The molecule has 1 aromatic rings. The van der Waals surface area contributed by atoms with E-state index in [2.05, 4.69) is 54.1 Å². The summed E-state index contributed by atoms with van der Waals surface area (Å²) >= 11 is 0. The first-order chi connectivity index (χ1) is 10.1. The molecule has 1 aliphatic heterocycles. The minimum Gasteiger partial charge on any atom is -0.374 e. The molecule has 0 spiro atoms. The fraction of sp³-hybridized carbons (Fsp3) is 0.706. The second-order valence-corrected chi connectivity index (χ2v) is 6.43. The van der Waals surface area contributed by atoms with Crippen LogP contribution >= 0.6 is 0 Å². The van der Waals surface area contributed by atoms with Gasteiger partial charge in [0, 0.05) is 49.8 Å². The first-order valence-corrected chi connectivity index (χ1v) is 8.16. The molecule has 2 heterocycles. The van der Waals surface area contributed by atoms with E-state index in [0.29, 0.717) is 0 Å². The maximum atomic E-state index is 4.47. The number of aromatic nitrogens is 1. The molecule has 0 radical (unpaired) electrons. The summed E-state index contributed by atoms with van der Waals surface area (Å²) in [6.45, 7) is 9.83. The van der Waals surface area contributed by atoms with Gasteiger partial charge in [0.05, 0.1) is 0 Å². The van der Waals surface area contributed by atoms with Gasteiger partial charge < -0.3 is 15.1 Å². The van der Waals surface area contributed by atoms with Crippen LogP contribution in [0.25, 0.3) is 0 Å². The van der Waals surface area contributed by atoms with E-state index in [1.165, 1.54) is 37.2 Å². The lowest BCUT2D eigenvalue weighted by Gasteiger charge is -2.26. The van der Waals surface area contributed by atoms with Crippen LogP contribution in [0.1, 0.15) is 31.0 Å². The number of hydrogen-bond donors (Lipinski definition) is 1. The van der Waals surface area contributed by atoms with E-state index in [0.717, 1.165) is 31.2 Å². The molecule has 1 aliphatic rings. The summed E-state index contributed by atoms with van der Waals surface area (Å²) in [6, 6.07) is 2.22. The maximum absolute atomic E-state index is 4.47. The van der Waals surface area contributed by atoms with Gasteiger partial charge in [-0.05, 0) is 51.9 Å². The second kappa shape index (κ2) is 7.76. The fourth-order valence-corrected chi connectivity index (χ4v) is 3.13. The maximum Gasteiger partial charge on any atom is 0.0443 e. The predicted molar refractivity (Wildman–Crippen MR) is 89.8 cm³/mol. The molecule has 21 heavy (non-hydrogen) atoms. The van der Waals surface area contributed by atoms with E-state index in [-0.39, 0.29) is 0 Å². The van der Waals surface area contributed by atoms with E-state index >= 15 is 0 Å². The number of likely N-dealkylation sites (tertiary alicyclic amines) is 1. The van der Waals surface area contributed by atoms with Crippen molar-refractivity contribution in [2.45, 2.75) is 33.2 Å². The van der Waals surface area contributed by atoms with Crippen LogP contribution in [-0.4, -0.2) is 50.2 Å². The monoisotopic (exact) mass is 290 g/mol. The Morgan fingerprint density at radius 2 is 2.29 bits per heavy atom. The van der Waals surface area contributed by atoms with Crippen molar-refractivity contribution in [1.29, 1.82) is 0 Å². The molecule has 118 valence electrons. The van der Waals surface area contributed by atoms with Gasteiger partial charge in [-0.15, -0.1) is 0 Å². The van der Waals surface area contributed by atoms with Crippen molar-refractivity contribution in [1.82, 2.24) is 15.2 Å². The van der Waals surface area contributed by atoms with Crippen LogP contribution in [-0.2, 0) is 6.54 Å². The molecule has 1 aromatic heterocycles. The lowest BCUT2D eigenvalue weighted by molar-refractivity contribution is 0.396. The zero-order chi connectivity index (χ0) is 15.2. The van der Waals surface area contributed by atoms with Crippen molar-refractivity contribution in [3.63, 3.8) is 0 Å². The average molecular weight is 290 g/mol. The highest BCUT2D eigenvalue weighted by Crippen LogP contribution is 2.23. The third-order valence-electron chi connectivity index (χ3n) is 4.27. The van der Waals surface area contributed by atoms with Crippen LogP contribution in [0.4, 0.5) is 5.69 Å². The Morgan fingerprint density at radius 1 is 1.48 bits per heavy atom. The minimum atomic E-state index is 0.782. The third-order valence-corrected chi connectivity index (χ3v) is 4.27. The van der Waals surface area contributed by atoms with E-state index in [9.17, 15) is 0 Å². The summed E-state index contributed by atoms with van der Waals surface area (Å²) in [6.07, 6.45) is 4.51. The van der Waals surface area contributed by atoms with Gasteiger partial charge in [0.2, 0.25) is 0 Å². The quantitative estimate of drug-likeness (QED) is 0.781. The van der Waals surface area contributed by atoms with E-state index in [1.807, 2.05) is 6.20 Å². The van der Waals surface area contributed by atoms with Crippen LogP contribution in [0.5, 0.6) is 0 Å². The number of aryl methyl sites for hydroxylation is 1. The number of nitrogens with zero attached hydrogens (tertiary/aromatic N) is 3. The molecule has 1 unspecified atom stereocenters. The summed E-state index contributed by atoms with van der Waals surface area (Å²) < 4.78 is 0. The first kappa shape index (κ1) is 16.2. The van der Waals surface area contributed by atoms with Crippen LogP contribution in [0.15, 0.2) is 12.3 Å². The highest BCUT2D eigenvalue weighted by Gasteiger charge is 2.21. The second-order valence-electron chi connectivity index (χ2n) is 6.43. The van der Waals surface area contributed by atoms with Crippen molar-refractivity contribution in [3.05, 3.63) is 23.5 Å². The smallest absolute Gasteiger partial charge is 0.0443 e. The van der Waals surface area contributed by atoms with Crippen LogP contribution in [0.2, 0.25) is 0 Å². The number of nitrogens with one attached hydrogen (secondary N) is 1. The van der Waals surface area contributed by atoms with Crippen LogP contribution in [0, 0.1) is 12.8 Å². The van der Waals surface area contributed by atoms with Gasteiger partial charge in [-0.25, -0.2) is 0 Å². The molecular formula is C17H30N4. The van der Waals surface area contributed by atoms with Crippen LogP contribution in [0.3, 0.4) is 0 Å². The van der Waals surface area contributed by atoms with Gasteiger partial charge >= 0.3 is 0 Å². The van der Waals surface area contributed by atoms with Gasteiger partial charge in [0.1, 0.15) is 0 Å². The van der Waals surface area contributed by atoms with Gasteiger partial charge in [-0.2, -0.15) is 0 Å². The molecule has 4 heteroatoms. The Hall–Kier alpha value is -1.13. The summed E-state index contributed by atoms with van der Waals surface area (Å²) in [5, 5.41) is 3.49. The number of anilines is 1. The lowest BCUT2D eigenvalue weighted by Crippen LogP contribution is -2.29. The van der Waals surface area contributed by atoms with Gasteiger partial charge in [0.25, 0.3) is 0 Å². The molecule has 1 fully saturated rings. The Bertz CT molecular complexity index is 446. The largest absolute Gasteiger partial charge is 0.374 e. The fourth-order valence-electron chi connectivity index (χ4n) is 3.13. The molecule has 0 aromatic carbocycles. The third kappa shape index (κ3) is 4.68. The molecular weight excluding hydrogens is 260 g/mol. The van der Waals surface area contributed by atoms with E-state index in [4.69, 9.17) is 0 Å². The number of pyridine rings is 1. The van der Waals surface area contributed by atoms with Crippen molar-refractivity contribution in [2.75, 3.05) is 45.2 Å². The highest BCUT2D eigenvalue weighted by atomic mass is 15.2. The minimum absolute atomic E-state index is 0.782. The Morgan fingerprint density at radius 3 is 2.95 bits per heavy atom. The molecule has 2 rings (SSSR count). The molecule has 0 bridgehead atoms. The van der Waals surface area contributed by atoms with E-state index < -0.39 is 0 Å². The Balaban J connectivity index is 2.03. The molecule has 1 saturated heterocycles. The van der Waals surface area contributed by atoms with Gasteiger partial charge in [-0.1, -0.05) is 6.92 Å². The lowest BCUT2D eigenvalue weighted by atomic mass is 10.1. The molecule has 0 amide bonds. The summed E-state index contributed by atoms with van der Waals surface area (Å²) in [5.74, 6) is 0.782.